The Bertz CT molecular complexity index is 1560. The number of rotatable bonds is 11. The van der Waals surface area contributed by atoms with Gasteiger partial charge in [0.2, 0.25) is 5.88 Å². The average Bonchev–Trinajstić information content (AvgIpc) is 3.67. The molecule has 1 aliphatic heterocycles. The summed E-state index contributed by atoms with van der Waals surface area (Å²) in [6.45, 7) is 4.68. The van der Waals surface area contributed by atoms with E-state index in [-0.39, 0.29) is 36.6 Å². The lowest BCUT2D eigenvalue weighted by Gasteiger charge is -2.52. The monoisotopic (exact) mass is 613 g/mol. The Morgan fingerprint density at radius 3 is 2.75 bits per heavy atom. The number of nitrogens with zero attached hydrogens (tertiary/aromatic N) is 6. The zero-order valence-corrected chi connectivity index (χ0v) is 24.6. The Morgan fingerprint density at radius 1 is 1.23 bits per heavy atom. The second-order valence-electron chi connectivity index (χ2n) is 12.2. The lowest BCUT2D eigenvalue weighted by molar-refractivity contribution is -0.141. The third kappa shape index (κ3) is 6.58. The fraction of sp³-hybridized carbons (Fsp3) is 0.533. The van der Waals surface area contributed by atoms with Crippen LogP contribution in [0.25, 0.3) is 22.3 Å². The van der Waals surface area contributed by atoms with Crippen molar-refractivity contribution in [2.75, 3.05) is 26.2 Å². The van der Waals surface area contributed by atoms with E-state index < -0.39 is 11.9 Å². The summed E-state index contributed by atoms with van der Waals surface area (Å²) in [4.78, 5) is 18.0. The third-order valence-corrected chi connectivity index (χ3v) is 8.89. The second-order valence-corrected chi connectivity index (χ2v) is 12.2. The van der Waals surface area contributed by atoms with Crippen molar-refractivity contribution >= 4 is 11.0 Å². The van der Waals surface area contributed by atoms with Gasteiger partial charge in [-0.2, -0.15) is 18.3 Å². The van der Waals surface area contributed by atoms with Gasteiger partial charge in [0.25, 0.3) is 0 Å². The van der Waals surface area contributed by atoms with Gasteiger partial charge in [-0.05, 0) is 56.8 Å². The first-order chi connectivity index (χ1) is 21.1. The van der Waals surface area contributed by atoms with Crippen LogP contribution in [0, 0.1) is 5.41 Å². The number of pyridine rings is 1. The molecule has 4 aromatic rings. The van der Waals surface area contributed by atoms with Crippen LogP contribution in [0.5, 0.6) is 5.88 Å². The number of likely N-dealkylation sites (tertiary alicyclic amines) is 1. The highest BCUT2D eigenvalue weighted by atomic mass is 19.4. The molecule has 1 atom stereocenters. The minimum Gasteiger partial charge on any atom is -0.474 e. The van der Waals surface area contributed by atoms with Gasteiger partial charge in [-0.15, -0.1) is 0 Å². The van der Waals surface area contributed by atoms with E-state index in [0.29, 0.717) is 31.0 Å². The summed E-state index contributed by atoms with van der Waals surface area (Å²) in [5.74, 6) is -0.0182. The number of fused-ring (bicyclic) bond motifs is 1. The molecule has 236 valence electrons. The van der Waals surface area contributed by atoms with Crippen molar-refractivity contribution in [3.05, 3.63) is 54.4 Å². The van der Waals surface area contributed by atoms with Gasteiger partial charge in [0.1, 0.15) is 23.8 Å². The molecule has 1 saturated carbocycles. The van der Waals surface area contributed by atoms with E-state index in [1.165, 1.54) is 0 Å². The molecular formula is C30H38F3N9O2. The van der Waals surface area contributed by atoms with Gasteiger partial charge in [0, 0.05) is 73.1 Å². The summed E-state index contributed by atoms with van der Waals surface area (Å²) in [6, 6.07) is 4.68. The zero-order valence-electron chi connectivity index (χ0n) is 24.6. The standard InChI is InChI=1S/C30H38F3N9O2/c1-19(15-43)36-12-20-8-25(30(31,32)33)40-26(9-20)44-23-3-6-41(7-4-23)22-10-29(11-22,16-34)17-42-14-21(13-39-42)27-24-2-5-35-28(24)38-18-37-27/h2,5,8-9,13-14,18-19,22-23,36,43H,3-4,6-7,10-12,15-17,34H2,1H3,(H,35,37,38)/t19-,22?,29?/m0/s1. The van der Waals surface area contributed by atoms with Crippen LogP contribution in [0.1, 0.15) is 43.9 Å². The highest BCUT2D eigenvalue weighted by molar-refractivity contribution is 5.89. The number of aromatic nitrogens is 6. The number of aliphatic hydroxyl groups excluding tert-OH is 1. The number of hydrogen-bond donors (Lipinski definition) is 4. The van der Waals surface area contributed by atoms with Crippen LogP contribution in [0.15, 0.2) is 43.1 Å². The maximum Gasteiger partial charge on any atom is 0.433 e. The summed E-state index contributed by atoms with van der Waals surface area (Å²) in [5, 5.41) is 17.8. The number of nitrogens with one attached hydrogen (secondary N) is 2. The Morgan fingerprint density at radius 2 is 2.02 bits per heavy atom. The molecule has 2 aliphatic rings. The molecule has 0 spiro atoms. The van der Waals surface area contributed by atoms with E-state index in [1.807, 2.05) is 29.3 Å². The van der Waals surface area contributed by atoms with E-state index in [9.17, 15) is 18.3 Å². The Kier molecular flexibility index (Phi) is 8.59. The van der Waals surface area contributed by atoms with Crippen LogP contribution in [0.2, 0.25) is 0 Å². The lowest BCUT2D eigenvalue weighted by atomic mass is 9.64. The van der Waals surface area contributed by atoms with Gasteiger partial charge in [-0.1, -0.05) is 0 Å². The number of alkyl halides is 3. The molecule has 6 rings (SSSR count). The first kappa shape index (κ1) is 30.4. The predicted molar refractivity (Wildman–Crippen MR) is 157 cm³/mol. The molecule has 0 unspecified atom stereocenters. The minimum absolute atomic E-state index is 0.0182. The lowest BCUT2D eigenvalue weighted by Crippen LogP contribution is -2.57. The molecular weight excluding hydrogens is 575 g/mol. The topological polar surface area (TPSA) is 143 Å². The number of H-pyrrole nitrogens is 1. The number of halogens is 3. The zero-order chi connectivity index (χ0) is 30.9. The highest BCUT2D eigenvalue weighted by Crippen LogP contribution is 2.45. The van der Waals surface area contributed by atoms with E-state index in [4.69, 9.17) is 10.5 Å². The van der Waals surface area contributed by atoms with E-state index in [2.05, 4.69) is 35.3 Å². The van der Waals surface area contributed by atoms with Gasteiger partial charge in [-0.3, -0.25) is 4.68 Å². The molecule has 0 radical (unpaired) electrons. The molecule has 5 heterocycles. The number of aromatic amines is 1. The van der Waals surface area contributed by atoms with Gasteiger partial charge in [0.05, 0.1) is 18.5 Å². The van der Waals surface area contributed by atoms with Crippen LogP contribution in [-0.2, 0) is 19.3 Å². The summed E-state index contributed by atoms with van der Waals surface area (Å²) in [5.41, 5.74) is 8.23. The molecule has 14 heteroatoms. The first-order valence-electron chi connectivity index (χ1n) is 15.0. The van der Waals surface area contributed by atoms with Crippen LogP contribution in [0.3, 0.4) is 0 Å². The molecule has 0 amide bonds. The van der Waals surface area contributed by atoms with Crippen molar-refractivity contribution in [1.82, 2.24) is 39.9 Å². The van der Waals surface area contributed by atoms with Crippen LogP contribution in [-0.4, -0.2) is 84.2 Å². The van der Waals surface area contributed by atoms with E-state index in [0.717, 1.165) is 60.8 Å². The van der Waals surface area contributed by atoms with Crippen LogP contribution in [0.4, 0.5) is 13.2 Å². The highest BCUT2D eigenvalue weighted by Gasteiger charge is 2.46. The molecule has 1 saturated heterocycles. The maximum atomic E-state index is 13.5. The van der Waals surface area contributed by atoms with Crippen molar-refractivity contribution in [2.45, 2.75) is 70.1 Å². The molecule has 1 aliphatic carbocycles. The Labute approximate surface area is 253 Å². The van der Waals surface area contributed by atoms with Crippen molar-refractivity contribution in [3.63, 3.8) is 0 Å². The van der Waals surface area contributed by atoms with Crippen molar-refractivity contribution in [1.29, 1.82) is 0 Å². The van der Waals surface area contributed by atoms with Crippen molar-refractivity contribution in [2.24, 2.45) is 11.1 Å². The fourth-order valence-corrected chi connectivity index (χ4v) is 6.33. The van der Waals surface area contributed by atoms with Gasteiger partial charge >= 0.3 is 6.18 Å². The summed E-state index contributed by atoms with van der Waals surface area (Å²) in [7, 11) is 0. The Balaban J connectivity index is 1.03. The molecule has 4 aromatic heterocycles. The molecule has 11 nitrogen and oxygen atoms in total. The van der Waals surface area contributed by atoms with Crippen molar-refractivity contribution < 1.29 is 23.0 Å². The minimum atomic E-state index is -4.58. The fourth-order valence-electron chi connectivity index (χ4n) is 6.33. The van der Waals surface area contributed by atoms with Gasteiger partial charge in [0.15, 0.2) is 0 Å². The summed E-state index contributed by atoms with van der Waals surface area (Å²) in [6.07, 6.45) is 5.75. The molecule has 0 aromatic carbocycles. The second kappa shape index (κ2) is 12.4. The smallest absolute Gasteiger partial charge is 0.433 e. The van der Waals surface area contributed by atoms with Crippen LogP contribution < -0.4 is 15.8 Å². The van der Waals surface area contributed by atoms with Crippen molar-refractivity contribution in [3.8, 4) is 17.1 Å². The number of aliphatic hydroxyl groups is 1. The van der Waals surface area contributed by atoms with Crippen LogP contribution >= 0.6 is 0 Å². The molecule has 0 bridgehead atoms. The number of hydrogen-bond acceptors (Lipinski definition) is 9. The first-order valence-corrected chi connectivity index (χ1v) is 15.0. The molecule has 5 N–H and O–H groups in total. The predicted octanol–water partition coefficient (Wildman–Crippen LogP) is 3.36. The van der Waals surface area contributed by atoms with E-state index in [1.54, 1.807) is 19.3 Å². The number of nitrogens with two attached hydrogens (primary N) is 1. The number of piperidine rings is 1. The largest absolute Gasteiger partial charge is 0.474 e. The average molecular weight is 614 g/mol. The molecule has 2 fully saturated rings. The number of ether oxygens (including phenoxy) is 1. The van der Waals surface area contributed by atoms with E-state index >= 15 is 0 Å². The third-order valence-electron chi connectivity index (χ3n) is 8.89. The quantitative estimate of drug-likeness (QED) is 0.200. The normalized spacial score (nSPS) is 22.3. The summed E-state index contributed by atoms with van der Waals surface area (Å²) < 4.78 is 48.5. The Hall–Kier alpha value is -3.59. The summed E-state index contributed by atoms with van der Waals surface area (Å²) >= 11 is 0. The van der Waals surface area contributed by atoms with Gasteiger partial charge < -0.3 is 30.8 Å². The maximum absolute atomic E-state index is 13.5. The SMILES string of the molecule is C[C@@H](CO)NCc1cc(OC2CCN(C3CC(CN)(Cn4cc(-c5ncnc6[nH]ccc56)cn4)C3)CC2)nc(C(F)(F)F)c1. The van der Waals surface area contributed by atoms with Gasteiger partial charge in [-0.25, -0.2) is 15.0 Å². The molecule has 44 heavy (non-hydrogen) atoms.